The van der Waals surface area contributed by atoms with E-state index in [2.05, 4.69) is 5.32 Å². The normalized spacial score (nSPS) is 12.2. The second-order valence-electron chi connectivity index (χ2n) is 12.2. The summed E-state index contributed by atoms with van der Waals surface area (Å²) in [4.78, 5) is 29.0. The summed E-state index contributed by atoms with van der Waals surface area (Å²) in [5.41, 5.74) is 2.50. The number of amides is 2. The maximum absolute atomic E-state index is 14.2. The zero-order valence-electron chi connectivity index (χ0n) is 26.7. The number of sulfonamides is 1. The molecule has 0 saturated carbocycles. The summed E-state index contributed by atoms with van der Waals surface area (Å²) >= 11 is 0. The summed E-state index contributed by atoms with van der Waals surface area (Å²) in [5, 5.41) is 2.95. The summed E-state index contributed by atoms with van der Waals surface area (Å²) in [7, 11) is -4.18. The molecule has 1 atom stereocenters. The van der Waals surface area contributed by atoms with Gasteiger partial charge in [-0.05, 0) is 95.6 Å². The van der Waals surface area contributed by atoms with Crippen LogP contribution in [0.25, 0.3) is 0 Å². The van der Waals surface area contributed by atoms with E-state index in [1.807, 2.05) is 89.2 Å². The molecule has 0 saturated heterocycles. The van der Waals surface area contributed by atoms with Crippen molar-refractivity contribution in [2.75, 3.05) is 10.8 Å². The van der Waals surface area contributed by atoms with Crippen LogP contribution in [0.15, 0.2) is 108 Å². The molecule has 9 heteroatoms. The van der Waals surface area contributed by atoms with Gasteiger partial charge >= 0.3 is 0 Å². The Bertz CT molecular complexity index is 1720. The minimum atomic E-state index is -4.18. The molecule has 0 unspecified atom stereocenters. The van der Waals surface area contributed by atoms with Gasteiger partial charge in [-0.2, -0.15) is 0 Å². The van der Waals surface area contributed by atoms with Crippen molar-refractivity contribution in [3.63, 3.8) is 0 Å². The summed E-state index contributed by atoms with van der Waals surface area (Å²) < 4.78 is 35.2. The SMILES string of the molecule is Cc1ccc(S(=O)(=O)N(CC(=O)N(Cc2cccc(C)c2)[C@@H](C)C(=O)NC(C)(C)C)c2ccc(Oc3ccccc3)cc2)cc1. The average molecular weight is 628 g/mol. The third-order valence-electron chi connectivity index (χ3n) is 7.09. The van der Waals surface area contributed by atoms with Crippen LogP contribution in [0.4, 0.5) is 5.69 Å². The van der Waals surface area contributed by atoms with Gasteiger partial charge in [0.2, 0.25) is 11.8 Å². The second kappa shape index (κ2) is 14.0. The van der Waals surface area contributed by atoms with Crippen LogP contribution in [0.3, 0.4) is 0 Å². The van der Waals surface area contributed by atoms with E-state index in [-0.39, 0.29) is 23.0 Å². The largest absolute Gasteiger partial charge is 0.457 e. The van der Waals surface area contributed by atoms with Crippen LogP contribution in [0.1, 0.15) is 44.4 Å². The maximum atomic E-state index is 14.2. The number of para-hydroxylation sites is 1. The molecule has 1 N–H and O–H groups in total. The first-order valence-corrected chi connectivity index (χ1v) is 16.3. The van der Waals surface area contributed by atoms with Gasteiger partial charge < -0.3 is 15.0 Å². The van der Waals surface area contributed by atoms with Crippen LogP contribution in [0.2, 0.25) is 0 Å². The van der Waals surface area contributed by atoms with E-state index >= 15 is 0 Å². The molecule has 4 aromatic rings. The molecule has 8 nitrogen and oxygen atoms in total. The molecule has 0 radical (unpaired) electrons. The second-order valence-corrected chi connectivity index (χ2v) is 14.0. The first-order valence-electron chi connectivity index (χ1n) is 14.8. The number of hydrogen-bond acceptors (Lipinski definition) is 5. The predicted octanol–water partition coefficient (Wildman–Crippen LogP) is 6.62. The Kier molecular flexibility index (Phi) is 10.3. The van der Waals surface area contributed by atoms with Crippen LogP contribution < -0.4 is 14.4 Å². The van der Waals surface area contributed by atoms with Gasteiger partial charge in [0, 0.05) is 12.1 Å². The molecular weight excluding hydrogens is 586 g/mol. The van der Waals surface area contributed by atoms with Crippen LogP contribution in [0.5, 0.6) is 11.5 Å². The molecule has 0 aromatic heterocycles. The van der Waals surface area contributed by atoms with E-state index in [0.717, 1.165) is 21.0 Å². The molecule has 0 aliphatic heterocycles. The van der Waals surface area contributed by atoms with Crippen molar-refractivity contribution in [1.82, 2.24) is 10.2 Å². The van der Waals surface area contributed by atoms with E-state index in [0.29, 0.717) is 11.5 Å². The molecule has 0 heterocycles. The lowest BCUT2D eigenvalue weighted by molar-refractivity contribution is -0.140. The molecule has 2 amide bonds. The molecule has 4 rings (SSSR count). The quantitative estimate of drug-likeness (QED) is 0.202. The van der Waals surface area contributed by atoms with Gasteiger partial charge in [-0.3, -0.25) is 13.9 Å². The lowest BCUT2D eigenvalue weighted by Gasteiger charge is -2.33. The first kappa shape index (κ1) is 33.3. The maximum Gasteiger partial charge on any atom is 0.264 e. The zero-order valence-corrected chi connectivity index (χ0v) is 27.5. The van der Waals surface area contributed by atoms with E-state index in [9.17, 15) is 18.0 Å². The molecule has 0 spiro atoms. The minimum absolute atomic E-state index is 0.0503. The van der Waals surface area contributed by atoms with E-state index in [1.165, 1.54) is 17.0 Å². The highest BCUT2D eigenvalue weighted by molar-refractivity contribution is 7.92. The highest BCUT2D eigenvalue weighted by Crippen LogP contribution is 2.29. The number of nitrogens with zero attached hydrogens (tertiary/aromatic N) is 2. The number of carbonyl (C=O) groups excluding carboxylic acids is 2. The Morgan fingerprint density at radius 1 is 0.800 bits per heavy atom. The predicted molar refractivity (Wildman–Crippen MR) is 178 cm³/mol. The number of hydrogen-bond donors (Lipinski definition) is 1. The highest BCUT2D eigenvalue weighted by atomic mass is 32.2. The molecule has 0 fully saturated rings. The lowest BCUT2D eigenvalue weighted by Crippen LogP contribution is -2.54. The van der Waals surface area contributed by atoms with Gasteiger partial charge in [-0.25, -0.2) is 8.42 Å². The fraction of sp³-hybridized carbons (Fsp3) is 0.278. The molecule has 45 heavy (non-hydrogen) atoms. The molecular formula is C36H41N3O5S. The molecule has 4 aromatic carbocycles. The third kappa shape index (κ3) is 8.95. The van der Waals surface area contributed by atoms with Crippen molar-refractivity contribution in [2.24, 2.45) is 0 Å². The van der Waals surface area contributed by atoms with Crippen LogP contribution in [-0.2, 0) is 26.2 Å². The first-order chi connectivity index (χ1) is 21.2. The number of aryl methyl sites for hydroxylation is 2. The van der Waals surface area contributed by atoms with Crippen molar-refractivity contribution in [3.8, 4) is 11.5 Å². The van der Waals surface area contributed by atoms with Gasteiger partial charge in [0.1, 0.15) is 24.1 Å². The highest BCUT2D eigenvalue weighted by Gasteiger charge is 2.33. The van der Waals surface area contributed by atoms with E-state index < -0.39 is 34.1 Å². The van der Waals surface area contributed by atoms with E-state index in [1.54, 1.807) is 43.3 Å². The Morgan fingerprint density at radius 3 is 2.02 bits per heavy atom. The molecule has 236 valence electrons. The van der Waals surface area contributed by atoms with Crippen molar-refractivity contribution >= 4 is 27.5 Å². The summed E-state index contributed by atoms with van der Waals surface area (Å²) in [6, 6.07) is 29.1. The van der Waals surface area contributed by atoms with Gasteiger partial charge in [0.25, 0.3) is 10.0 Å². The summed E-state index contributed by atoms with van der Waals surface area (Å²) in [5.74, 6) is 0.295. The smallest absolute Gasteiger partial charge is 0.264 e. The van der Waals surface area contributed by atoms with Gasteiger partial charge in [0.05, 0.1) is 10.6 Å². The van der Waals surface area contributed by atoms with Crippen molar-refractivity contribution < 1.29 is 22.7 Å². The Balaban J connectivity index is 1.71. The third-order valence-corrected chi connectivity index (χ3v) is 8.88. The zero-order chi connectivity index (χ0) is 32.8. The number of carbonyl (C=O) groups is 2. The number of nitrogens with one attached hydrogen (secondary N) is 1. The average Bonchev–Trinajstić information content (AvgIpc) is 2.98. The molecule has 0 aliphatic rings. The van der Waals surface area contributed by atoms with E-state index in [4.69, 9.17) is 4.74 Å². The van der Waals surface area contributed by atoms with Crippen LogP contribution in [-0.4, -0.2) is 43.3 Å². The lowest BCUT2D eigenvalue weighted by atomic mass is 10.1. The number of benzene rings is 4. The number of ether oxygens (including phenoxy) is 1. The summed E-state index contributed by atoms with van der Waals surface area (Å²) in [6.45, 7) is 10.7. The van der Waals surface area contributed by atoms with Crippen LogP contribution in [0, 0.1) is 13.8 Å². The van der Waals surface area contributed by atoms with Gasteiger partial charge in [-0.15, -0.1) is 0 Å². The van der Waals surface area contributed by atoms with Gasteiger partial charge in [0.15, 0.2) is 0 Å². The number of rotatable bonds is 11. The Hall–Kier alpha value is -4.63. The van der Waals surface area contributed by atoms with Crippen molar-refractivity contribution in [2.45, 2.75) is 64.6 Å². The molecule has 0 bridgehead atoms. The van der Waals surface area contributed by atoms with Crippen LogP contribution >= 0.6 is 0 Å². The topological polar surface area (TPSA) is 96.0 Å². The monoisotopic (exact) mass is 627 g/mol. The van der Waals surface area contributed by atoms with Gasteiger partial charge in [-0.1, -0.05) is 65.7 Å². The molecule has 0 aliphatic carbocycles. The minimum Gasteiger partial charge on any atom is -0.457 e. The van der Waals surface area contributed by atoms with Crippen molar-refractivity contribution in [3.05, 3.63) is 120 Å². The van der Waals surface area contributed by atoms with Crippen molar-refractivity contribution in [1.29, 1.82) is 0 Å². The number of anilines is 1. The fourth-order valence-electron chi connectivity index (χ4n) is 4.74. The fourth-order valence-corrected chi connectivity index (χ4v) is 6.15. The Labute approximate surface area is 266 Å². The Morgan fingerprint density at radius 2 is 1.42 bits per heavy atom. The standard InChI is InChI=1S/C36H41N3O5S/c1-26-15-21-33(22-16-26)45(42,43)39(30-17-19-32(20-18-30)44-31-13-8-7-9-14-31)25-34(40)38(24-29-12-10-11-27(2)23-29)28(3)35(41)37-36(4,5)6/h7-23,28H,24-25H2,1-6H3,(H,37,41)/t28-/m0/s1. The summed E-state index contributed by atoms with van der Waals surface area (Å²) in [6.07, 6.45) is 0.